The molecule has 0 saturated heterocycles. The van der Waals surface area contributed by atoms with Crippen LogP contribution in [0.25, 0.3) is 0 Å². The summed E-state index contributed by atoms with van der Waals surface area (Å²) >= 11 is 0. The van der Waals surface area contributed by atoms with Crippen LogP contribution in [0.4, 0.5) is 0 Å². The molecule has 106 valence electrons. The van der Waals surface area contributed by atoms with Crippen LogP contribution in [-0.4, -0.2) is 34.4 Å². The second-order valence-electron chi connectivity index (χ2n) is 4.57. The van der Waals surface area contributed by atoms with Crippen LogP contribution in [0.1, 0.15) is 29.5 Å². The first-order chi connectivity index (χ1) is 9.70. The maximum absolute atomic E-state index is 12.2. The number of hydrogen-bond acceptors (Lipinski definition) is 3. The minimum absolute atomic E-state index is 0.0385. The summed E-state index contributed by atoms with van der Waals surface area (Å²) in [6, 6.07) is 7.21. The molecule has 1 amide bonds. The molecule has 0 saturated carbocycles. The van der Waals surface area contributed by atoms with Gasteiger partial charge in [0.1, 0.15) is 11.6 Å². The molecular formula is C15H19N3O2. The molecule has 5 heteroatoms. The van der Waals surface area contributed by atoms with Gasteiger partial charge in [-0.2, -0.15) is 0 Å². The van der Waals surface area contributed by atoms with Gasteiger partial charge in [0, 0.05) is 25.0 Å². The van der Waals surface area contributed by atoms with Crippen molar-refractivity contribution < 1.29 is 9.53 Å². The number of imidazole rings is 1. The molecule has 0 unspecified atom stereocenters. The van der Waals surface area contributed by atoms with Crippen LogP contribution in [-0.2, 0) is 6.54 Å². The third kappa shape index (κ3) is 3.60. The van der Waals surface area contributed by atoms with E-state index in [1.807, 2.05) is 12.1 Å². The lowest BCUT2D eigenvalue weighted by Gasteiger charge is -2.16. The van der Waals surface area contributed by atoms with Gasteiger partial charge >= 0.3 is 0 Å². The number of rotatable bonds is 6. The van der Waals surface area contributed by atoms with Gasteiger partial charge in [0.05, 0.1) is 13.2 Å². The van der Waals surface area contributed by atoms with Gasteiger partial charge in [-0.25, -0.2) is 4.98 Å². The summed E-state index contributed by atoms with van der Waals surface area (Å²) in [5.74, 6) is 1.52. The highest BCUT2D eigenvalue weighted by Gasteiger charge is 2.12. The lowest BCUT2D eigenvalue weighted by Crippen LogP contribution is -2.26. The largest absolute Gasteiger partial charge is 0.494 e. The number of hydrogen-bond donors (Lipinski definition) is 1. The molecule has 1 heterocycles. The van der Waals surface area contributed by atoms with E-state index >= 15 is 0 Å². The summed E-state index contributed by atoms with van der Waals surface area (Å²) in [6.45, 7) is 3.20. The Morgan fingerprint density at radius 1 is 1.35 bits per heavy atom. The number of carbonyl (C=O) groups is 1. The predicted molar refractivity (Wildman–Crippen MR) is 76.6 cm³/mol. The Bertz CT molecular complexity index is 535. The molecular weight excluding hydrogens is 254 g/mol. The van der Waals surface area contributed by atoms with Crippen molar-refractivity contribution in [2.45, 2.75) is 19.9 Å². The quantitative estimate of drug-likeness (QED) is 0.879. The fourth-order valence-electron chi connectivity index (χ4n) is 1.81. The zero-order chi connectivity index (χ0) is 14.4. The van der Waals surface area contributed by atoms with Gasteiger partial charge in [-0.05, 0) is 30.7 Å². The molecule has 0 spiro atoms. The number of carbonyl (C=O) groups excluding carboxylic acids is 1. The maximum atomic E-state index is 12.2. The molecule has 1 N–H and O–H groups in total. The predicted octanol–water partition coefficient (Wildman–Crippen LogP) is 2.47. The molecule has 0 aliphatic rings. The van der Waals surface area contributed by atoms with Gasteiger partial charge in [-0.3, -0.25) is 4.79 Å². The first kappa shape index (κ1) is 14.1. The molecule has 2 rings (SSSR count). The van der Waals surface area contributed by atoms with Gasteiger partial charge in [-0.1, -0.05) is 6.92 Å². The highest BCUT2D eigenvalue weighted by molar-refractivity contribution is 5.94. The summed E-state index contributed by atoms with van der Waals surface area (Å²) in [6.07, 6.45) is 4.38. The number of nitrogens with zero attached hydrogens (tertiary/aromatic N) is 2. The van der Waals surface area contributed by atoms with E-state index in [2.05, 4.69) is 16.9 Å². The van der Waals surface area contributed by atoms with Crippen LogP contribution >= 0.6 is 0 Å². The van der Waals surface area contributed by atoms with Gasteiger partial charge in [0.15, 0.2) is 0 Å². The summed E-state index contributed by atoms with van der Waals surface area (Å²) in [5.41, 5.74) is 0.642. The summed E-state index contributed by atoms with van der Waals surface area (Å²) < 4.78 is 5.50. The SMILES string of the molecule is CCCOc1ccc(C(=O)N(C)Cc2ncc[nH]2)cc1. The fraction of sp³-hybridized carbons (Fsp3) is 0.333. The van der Waals surface area contributed by atoms with Crippen molar-refractivity contribution in [1.29, 1.82) is 0 Å². The molecule has 5 nitrogen and oxygen atoms in total. The Morgan fingerprint density at radius 3 is 2.70 bits per heavy atom. The Labute approximate surface area is 118 Å². The fourth-order valence-corrected chi connectivity index (χ4v) is 1.81. The van der Waals surface area contributed by atoms with Crippen molar-refractivity contribution in [3.05, 3.63) is 48.0 Å². The zero-order valence-corrected chi connectivity index (χ0v) is 11.8. The van der Waals surface area contributed by atoms with Crippen molar-refractivity contribution in [1.82, 2.24) is 14.9 Å². The first-order valence-corrected chi connectivity index (χ1v) is 6.67. The van der Waals surface area contributed by atoms with Gasteiger partial charge in [0.2, 0.25) is 0 Å². The van der Waals surface area contributed by atoms with Gasteiger partial charge in [-0.15, -0.1) is 0 Å². The molecule has 0 radical (unpaired) electrons. The van der Waals surface area contributed by atoms with E-state index in [0.29, 0.717) is 18.7 Å². The molecule has 1 aromatic heterocycles. The minimum atomic E-state index is -0.0385. The third-order valence-corrected chi connectivity index (χ3v) is 2.86. The topological polar surface area (TPSA) is 58.2 Å². The van der Waals surface area contributed by atoms with E-state index < -0.39 is 0 Å². The van der Waals surface area contributed by atoms with Crippen molar-refractivity contribution in [3.8, 4) is 5.75 Å². The lowest BCUT2D eigenvalue weighted by molar-refractivity contribution is 0.0782. The van der Waals surface area contributed by atoms with Crippen LogP contribution in [0.5, 0.6) is 5.75 Å². The third-order valence-electron chi connectivity index (χ3n) is 2.86. The summed E-state index contributed by atoms with van der Waals surface area (Å²) in [7, 11) is 1.76. The molecule has 0 atom stereocenters. The number of aromatic amines is 1. The second kappa shape index (κ2) is 6.75. The van der Waals surface area contributed by atoms with Crippen molar-refractivity contribution in [2.75, 3.05) is 13.7 Å². The van der Waals surface area contributed by atoms with Crippen LogP contribution < -0.4 is 4.74 Å². The Kier molecular flexibility index (Phi) is 4.76. The average molecular weight is 273 g/mol. The van der Waals surface area contributed by atoms with Crippen LogP contribution in [0.2, 0.25) is 0 Å². The Hall–Kier alpha value is -2.30. The number of nitrogens with one attached hydrogen (secondary N) is 1. The van der Waals surface area contributed by atoms with Crippen LogP contribution in [0, 0.1) is 0 Å². The number of ether oxygens (including phenoxy) is 1. The van der Waals surface area contributed by atoms with Crippen molar-refractivity contribution in [3.63, 3.8) is 0 Å². The van der Waals surface area contributed by atoms with E-state index in [1.54, 1.807) is 36.5 Å². The molecule has 0 aliphatic carbocycles. The van der Waals surface area contributed by atoms with E-state index in [9.17, 15) is 4.79 Å². The standard InChI is InChI=1S/C15H19N3O2/c1-3-10-20-13-6-4-12(5-7-13)15(19)18(2)11-14-16-8-9-17-14/h4-9H,3,10-11H2,1-2H3,(H,16,17). The summed E-state index contributed by atoms with van der Waals surface area (Å²) in [4.78, 5) is 21.0. The second-order valence-corrected chi connectivity index (χ2v) is 4.57. The smallest absolute Gasteiger partial charge is 0.254 e. The van der Waals surface area contributed by atoms with Gasteiger partial charge < -0.3 is 14.6 Å². The van der Waals surface area contributed by atoms with Gasteiger partial charge in [0.25, 0.3) is 5.91 Å². The van der Waals surface area contributed by atoms with E-state index in [-0.39, 0.29) is 5.91 Å². The lowest BCUT2D eigenvalue weighted by atomic mass is 10.2. The molecule has 0 bridgehead atoms. The molecule has 1 aromatic carbocycles. The number of H-pyrrole nitrogens is 1. The minimum Gasteiger partial charge on any atom is -0.494 e. The Morgan fingerprint density at radius 2 is 2.10 bits per heavy atom. The van der Waals surface area contributed by atoms with Crippen molar-refractivity contribution >= 4 is 5.91 Å². The van der Waals surface area contributed by atoms with Crippen LogP contribution in [0.3, 0.4) is 0 Å². The number of amides is 1. The summed E-state index contributed by atoms with van der Waals surface area (Å²) in [5, 5.41) is 0. The Balaban J connectivity index is 1.97. The zero-order valence-electron chi connectivity index (χ0n) is 11.8. The maximum Gasteiger partial charge on any atom is 0.254 e. The molecule has 20 heavy (non-hydrogen) atoms. The highest BCUT2D eigenvalue weighted by Crippen LogP contribution is 2.14. The molecule has 2 aromatic rings. The first-order valence-electron chi connectivity index (χ1n) is 6.67. The van der Waals surface area contributed by atoms with E-state index in [1.165, 1.54) is 0 Å². The number of benzene rings is 1. The monoisotopic (exact) mass is 273 g/mol. The average Bonchev–Trinajstić information content (AvgIpc) is 2.97. The normalized spacial score (nSPS) is 10.3. The van der Waals surface area contributed by atoms with E-state index in [0.717, 1.165) is 18.0 Å². The molecule has 0 aliphatic heterocycles. The van der Waals surface area contributed by atoms with E-state index in [4.69, 9.17) is 4.74 Å². The highest BCUT2D eigenvalue weighted by atomic mass is 16.5. The van der Waals surface area contributed by atoms with Crippen LogP contribution in [0.15, 0.2) is 36.7 Å². The van der Waals surface area contributed by atoms with Crippen molar-refractivity contribution in [2.24, 2.45) is 0 Å². The molecule has 0 fully saturated rings. The number of aromatic nitrogens is 2.